The van der Waals surface area contributed by atoms with Gasteiger partial charge in [0, 0.05) is 23.7 Å². The standard InChI is InChI=1S/C16H21ClN2O2/c1-11(2)14(16(21)19-8-3-4-9-19)18-15(20)12-6-5-7-13(17)10-12/h5-7,10-11,14H,3-4,8-9H2,1-2H3,(H,18,20)/t14-/m1/s1. The molecule has 0 bridgehead atoms. The highest BCUT2D eigenvalue weighted by molar-refractivity contribution is 6.31. The number of benzene rings is 1. The SMILES string of the molecule is CC(C)[C@@H](NC(=O)c1cccc(Cl)c1)C(=O)N1CCCC1. The predicted molar refractivity (Wildman–Crippen MR) is 83.4 cm³/mol. The molecule has 1 heterocycles. The topological polar surface area (TPSA) is 49.4 Å². The van der Waals surface area contributed by atoms with E-state index in [9.17, 15) is 9.59 Å². The van der Waals surface area contributed by atoms with Crippen molar-refractivity contribution in [1.29, 1.82) is 0 Å². The third-order valence-corrected chi connectivity index (χ3v) is 3.96. The highest BCUT2D eigenvalue weighted by atomic mass is 35.5. The third-order valence-electron chi connectivity index (χ3n) is 3.72. The van der Waals surface area contributed by atoms with Gasteiger partial charge in [-0.2, -0.15) is 0 Å². The molecule has 0 aromatic heterocycles. The van der Waals surface area contributed by atoms with Crippen LogP contribution in [0.2, 0.25) is 5.02 Å². The molecule has 1 aliphatic heterocycles. The van der Waals surface area contributed by atoms with E-state index in [0.29, 0.717) is 10.6 Å². The van der Waals surface area contributed by atoms with Crippen LogP contribution in [0.1, 0.15) is 37.0 Å². The summed E-state index contributed by atoms with van der Waals surface area (Å²) in [5.41, 5.74) is 0.474. The molecule has 21 heavy (non-hydrogen) atoms. The van der Waals surface area contributed by atoms with Crippen LogP contribution in [0.4, 0.5) is 0 Å². The van der Waals surface area contributed by atoms with E-state index in [0.717, 1.165) is 25.9 Å². The monoisotopic (exact) mass is 308 g/mol. The molecule has 1 fully saturated rings. The summed E-state index contributed by atoms with van der Waals surface area (Å²) < 4.78 is 0. The first-order chi connectivity index (χ1) is 9.99. The van der Waals surface area contributed by atoms with E-state index < -0.39 is 6.04 Å². The van der Waals surface area contributed by atoms with Gasteiger partial charge >= 0.3 is 0 Å². The van der Waals surface area contributed by atoms with Crippen molar-refractivity contribution in [2.45, 2.75) is 32.7 Å². The van der Waals surface area contributed by atoms with Crippen molar-refractivity contribution >= 4 is 23.4 Å². The number of hydrogen-bond acceptors (Lipinski definition) is 2. The van der Waals surface area contributed by atoms with Crippen molar-refractivity contribution in [3.05, 3.63) is 34.9 Å². The fraction of sp³-hybridized carbons (Fsp3) is 0.500. The molecule has 0 radical (unpaired) electrons. The first kappa shape index (κ1) is 15.8. The Morgan fingerprint density at radius 3 is 2.48 bits per heavy atom. The lowest BCUT2D eigenvalue weighted by molar-refractivity contribution is -0.133. The van der Waals surface area contributed by atoms with Crippen LogP contribution in [0.25, 0.3) is 0 Å². The van der Waals surface area contributed by atoms with Crippen molar-refractivity contribution in [3.8, 4) is 0 Å². The molecular weight excluding hydrogens is 288 g/mol. The van der Waals surface area contributed by atoms with Crippen LogP contribution >= 0.6 is 11.6 Å². The largest absolute Gasteiger partial charge is 0.341 e. The Labute approximate surface area is 130 Å². The Kier molecular flexibility index (Phi) is 5.23. The fourth-order valence-corrected chi connectivity index (χ4v) is 2.69. The number of nitrogens with one attached hydrogen (secondary N) is 1. The van der Waals surface area contributed by atoms with Crippen molar-refractivity contribution < 1.29 is 9.59 Å². The molecule has 2 amide bonds. The Morgan fingerprint density at radius 1 is 1.24 bits per heavy atom. The van der Waals surface area contributed by atoms with Crippen molar-refractivity contribution in [3.63, 3.8) is 0 Å². The molecule has 0 saturated carbocycles. The third kappa shape index (κ3) is 3.97. The van der Waals surface area contributed by atoms with E-state index in [1.54, 1.807) is 24.3 Å². The molecule has 1 aromatic carbocycles. The molecule has 1 saturated heterocycles. The molecule has 0 aliphatic carbocycles. The summed E-state index contributed by atoms with van der Waals surface area (Å²) in [6, 6.07) is 6.25. The lowest BCUT2D eigenvalue weighted by Crippen LogP contribution is -2.50. The molecule has 1 aliphatic rings. The number of nitrogens with zero attached hydrogens (tertiary/aromatic N) is 1. The zero-order chi connectivity index (χ0) is 15.4. The van der Waals surface area contributed by atoms with E-state index in [1.807, 2.05) is 18.7 Å². The lowest BCUT2D eigenvalue weighted by atomic mass is 10.0. The van der Waals surface area contributed by atoms with E-state index >= 15 is 0 Å². The smallest absolute Gasteiger partial charge is 0.251 e. The number of carbonyl (C=O) groups excluding carboxylic acids is 2. The van der Waals surface area contributed by atoms with Gasteiger partial charge in [0.1, 0.15) is 6.04 Å². The summed E-state index contributed by atoms with van der Waals surface area (Å²) in [6.07, 6.45) is 2.08. The van der Waals surface area contributed by atoms with E-state index in [1.165, 1.54) is 0 Å². The molecule has 1 N–H and O–H groups in total. The molecule has 114 valence electrons. The molecule has 0 spiro atoms. The molecular formula is C16H21ClN2O2. The van der Waals surface area contributed by atoms with Gasteiger partial charge in [-0.1, -0.05) is 31.5 Å². The Morgan fingerprint density at radius 2 is 1.90 bits per heavy atom. The zero-order valence-corrected chi connectivity index (χ0v) is 13.2. The maximum absolute atomic E-state index is 12.5. The second kappa shape index (κ2) is 6.94. The van der Waals surface area contributed by atoms with Gasteiger partial charge in [0.15, 0.2) is 0 Å². The van der Waals surface area contributed by atoms with Crippen LogP contribution in [0.3, 0.4) is 0 Å². The molecule has 5 heteroatoms. The summed E-state index contributed by atoms with van der Waals surface area (Å²) in [7, 11) is 0. The minimum atomic E-state index is -0.491. The van der Waals surface area contributed by atoms with Crippen molar-refractivity contribution in [2.24, 2.45) is 5.92 Å². The van der Waals surface area contributed by atoms with E-state index in [-0.39, 0.29) is 17.7 Å². The maximum Gasteiger partial charge on any atom is 0.251 e. The minimum Gasteiger partial charge on any atom is -0.341 e. The summed E-state index contributed by atoms with van der Waals surface area (Å²) in [5.74, 6) is -0.206. The average Bonchev–Trinajstić information content (AvgIpc) is 2.97. The molecule has 1 atom stereocenters. The molecule has 2 rings (SSSR count). The van der Waals surface area contributed by atoms with Crippen molar-refractivity contribution in [2.75, 3.05) is 13.1 Å². The van der Waals surface area contributed by atoms with Crippen LogP contribution in [0.5, 0.6) is 0 Å². The number of rotatable bonds is 4. The van der Waals surface area contributed by atoms with Gasteiger partial charge in [0.2, 0.25) is 5.91 Å². The summed E-state index contributed by atoms with van der Waals surface area (Å²) in [5, 5.41) is 3.36. The number of amides is 2. The van der Waals surface area contributed by atoms with Gasteiger partial charge < -0.3 is 10.2 Å². The van der Waals surface area contributed by atoms with Gasteiger partial charge in [-0.05, 0) is 37.0 Å². The second-order valence-electron chi connectivity index (χ2n) is 5.74. The van der Waals surface area contributed by atoms with Gasteiger partial charge in [-0.3, -0.25) is 9.59 Å². The number of likely N-dealkylation sites (tertiary alicyclic amines) is 1. The molecule has 4 nitrogen and oxygen atoms in total. The van der Waals surface area contributed by atoms with Crippen LogP contribution in [-0.4, -0.2) is 35.8 Å². The Bertz CT molecular complexity index is 525. The second-order valence-corrected chi connectivity index (χ2v) is 6.17. The van der Waals surface area contributed by atoms with Gasteiger partial charge in [-0.25, -0.2) is 0 Å². The quantitative estimate of drug-likeness (QED) is 0.930. The molecule has 0 unspecified atom stereocenters. The van der Waals surface area contributed by atoms with E-state index in [4.69, 9.17) is 11.6 Å². The zero-order valence-electron chi connectivity index (χ0n) is 12.4. The Balaban J connectivity index is 2.09. The van der Waals surface area contributed by atoms with Gasteiger partial charge in [0.25, 0.3) is 5.91 Å². The first-order valence-corrected chi connectivity index (χ1v) is 7.72. The first-order valence-electron chi connectivity index (χ1n) is 7.34. The van der Waals surface area contributed by atoms with Crippen LogP contribution in [0.15, 0.2) is 24.3 Å². The highest BCUT2D eigenvalue weighted by Gasteiger charge is 2.30. The average molecular weight is 309 g/mol. The van der Waals surface area contributed by atoms with Crippen LogP contribution in [-0.2, 0) is 4.79 Å². The number of hydrogen-bond donors (Lipinski definition) is 1. The number of carbonyl (C=O) groups is 2. The van der Waals surface area contributed by atoms with Crippen LogP contribution in [0, 0.1) is 5.92 Å². The predicted octanol–water partition coefficient (Wildman–Crippen LogP) is 2.72. The number of halogens is 1. The fourth-order valence-electron chi connectivity index (χ4n) is 2.50. The van der Waals surface area contributed by atoms with E-state index in [2.05, 4.69) is 5.32 Å². The summed E-state index contributed by atoms with van der Waals surface area (Å²) in [4.78, 5) is 26.6. The maximum atomic E-state index is 12.5. The summed E-state index contributed by atoms with van der Waals surface area (Å²) in [6.45, 7) is 5.46. The Hall–Kier alpha value is -1.55. The van der Waals surface area contributed by atoms with Crippen molar-refractivity contribution in [1.82, 2.24) is 10.2 Å². The molecule has 1 aromatic rings. The summed E-state index contributed by atoms with van der Waals surface area (Å²) >= 11 is 5.90. The normalized spacial score (nSPS) is 16.1. The van der Waals surface area contributed by atoms with Gasteiger partial charge in [0.05, 0.1) is 0 Å². The highest BCUT2D eigenvalue weighted by Crippen LogP contribution is 2.15. The van der Waals surface area contributed by atoms with Crippen LogP contribution < -0.4 is 5.32 Å². The minimum absolute atomic E-state index is 0.0119. The lowest BCUT2D eigenvalue weighted by Gasteiger charge is -2.26. The van der Waals surface area contributed by atoms with Gasteiger partial charge in [-0.15, -0.1) is 0 Å².